The van der Waals surface area contributed by atoms with Gasteiger partial charge in [0.2, 0.25) is 10.0 Å². The Hall–Kier alpha value is -2.78. The molecule has 0 saturated heterocycles. The highest BCUT2D eigenvalue weighted by Crippen LogP contribution is 2.28. The first kappa shape index (κ1) is 23.9. The van der Waals surface area contributed by atoms with Crippen molar-refractivity contribution in [2.45, 2.75) is 37.9 Å². The number of rotatable bonds is 7. The van der Waals surface area contributed by atoms with Gasteiger partial charge in [-0.15, -0.1) is 0 Å². The van der Waals surface area contributed by atoms with E-state index in [1.54, 1.807) is 61.9 Å². The number of fused-ring (bicyclic) bond motifs is 1. The summed E-state index contributed by atoms with van der Waals surface area (Å²) < 4.78 is 78.9. The van der Waals surface area contributed by atoms with Crippen LogP contribution >= 0.6 is 0 Å². The van der Waals surface area contributed by atoms with Gasteiger partial charge in [-0.1, -0.05) is 29.8 Å². The highest BCUT2D eigenvalue weighted by molar-refractivity contribution is 7.89. The second kappa shape index (κ2) is 8.99. The molecule has 0 radical (unpaired) electrons. The van der Waals surface area contributed by atoms with Crippen LogP contribution in [0.25, 0.3) is 10.8 Å². The van der Waals surface area contributed by atoms with Gasteiger partial charge in [0.25, 0.3) is 0 Å². The second-order valence-corrected chi connectivity index (χ2v) is 9.28. The van der Waals surface area contributed by atoms with Crippen molar-refractivity contribution in [3.63, 3.8) is 0 Å². The number of halogens is 3. The molecular formula is C23H24F3NO4S. The van der Waals surface area contributed by atoms with Crippen LogP contribution in [0.5, 0.6) is 11.5 Å². The summed E-state index contributed by atoms with van der Waals surface area (Å²) in [7, 11) is -2.92. The predicted molar refractivity (Wildman–Crippen MR) is 117 cm³/mol. The van der Waals surface area contributed by atoms with Gasteiger partial charge in [0, 0.05) is 0 Å². The monoisotopic (exact) mass is 467 g/mol. The van der Waals surface area contributed by atoms with Crippen LogP contribution in [0.15, 0.2) is 53.4 Å². The van der Waals surface area contributed by atoms with Crippen LogP contribution in [0.2, 0.25) is 0 Å². The lowest BCUT2D eigenvalue weighted by atomic mass is 10.1. The molecule has 172 valence electrons. The molecule has 0 aliphatic carbocycles. The molecular weight excluding hydrogens is 443 g/mol. The van der Waals surface area contributed by atoms with Gasteiger partial charge in [0.05, 0.1) is 12.0 Å². The van der Waals surface area contributed by atoms with Gasteiger partial charge in [-0.3, -0.25) is 0 Å². The molecule has 1 atom stereocenters. The van der Waals surface area contributed by atoms with Crippen molar-refractivity contribution < 1.29 is 31.1 Å². The van der Waals surface area contributed by atoms with Crippen LogP contribution in [-0.4, -0.2) is 34.4 Å². The molecule has 0 aromatic heterocycles. The zero-order valence-corrected chi connectivity index (χ0v) is 18.9. The van der Waals surface area contributed by atoms with Crippen molar-refractivity contribution >= 4 is 20.8 Å². The predicted octanol–water partition coefficient (Wildman–Crippen LogP) is 5.06. The average molecular weight is 468 g/mol. The number of nitrogens with one attached hydrogen (secondary N) is 1. The highest BCUT2D eigenvalue weighted by Gasteiger charge is 2.43. The molecule has 1 unspecified atom stereocenters. The number of hydrogen-bond acceptors (Lipinski definition) is 4. The molecule has 3 aromatic carbocycles. The maximum Gasteiger partial charge on any atom is 0.408 e. The first-order chi connectivity index (χ1) is 14.9. The molecule has 0 aliphatic heterocycles. The lowest BCUT2D eigenvalue weighted by Crippen LogP contribution is -2.49. The minimum Gasteiger partial charge on any atom is -0.497 e. The molecule has 0 aliphatic rings. The summed E-state index contributed by atoms with van der Waals surface area (Å²) in [6.07, 6.45) is -4.85. The highest BCUT2D eigenvalue weighted by atomic mass is 32.2. The van der Waals surface area contributed by atoms with E-state index >= 15 is 0 Å². The van der Waals surface area contributed by atoms with Crippen molar-refractivity contribution in [3.8, 4) is 11.5 Å². The largest absolute Gasteiger partial charge is 0.497 e. The van der Waals surface area contributed by atoms with Crippen molar-refractivity contribution in [2.24, 2.45) is 0 Å². The SMILES string of the molecule is COc1ccc2ccc(OCC(NS(=O)(=O)c3c(C)cc(C)cc3C)C(F)(F)F)cc2c1. The van der Waals surface area contributed by atoms with Gasteiger partial charge < -0.3 is 9.47 Å². The fraction of sp³-hybridized carbons (Fsp3) is 0.304. The van der Waals surface area contributed by atoms with E-state index in [2.05, 4.69) is 0 Å². The van der Waals surface area contributed by atoms with E-state index in [1.807, 2.05) is 6.07 Å². The quantitative estimate of drug-likeness (QED) is 0.528. The summed E-state index contributed by atoms with van der Waals surface area (Å²) in [4.78, 5) is -0.157. The molecule has 0 spiro atoms. The first-order valence-corrected chi connectivity index (χ1v) is 11.3. The van der Waals surface area contributed by atoms with E-state index < -0.39 is 28.8 Å². The van der Waals surface area contributed by atoms with Gasteiger partial charge >= 0.3 is 6.18 Å². The van der Waals surface area contributed by atoms with Crippen LogP contribution in [0.1, 0.15) is 16.7 Å². The third-order valence-electron chi connectivity index (χ3n) is 5.00. The van der Waals surface area contributed by atoms with Crippen LogP contribution in [0, 0.1) is 20.8 Å². The number of benzene rings is 3. The summed E-state index contributed by atoms with van der Waals surface area (Å²) >= 11 is 0. The molecule has 32 heavy (non-hydrogen) atoms. The zero-order valence-electron chi connectivity index (χ0n) is 18.1. The molecule has 9 heteroatoms. The second-order valence-electron chi connectivity index (χ2n) is 7.63. The summed E-state index contributed by atoms with van der Waals surface area (Å²) in [6.45, 7) is 3.98. The maximum atomic E-state index is 13.7. The van der Waals surface area contributed by atoms with Crippen molar-refractivity contribution in [1.29, 1.82) is 0 Å². The molecule has 0 bridgehead atoms. The van der Waals surface area contributed by atoms with E-state index in [-0.39, 0.29) is 10.6 Å². The van der Waals surface area contributed by atoms with Crippen LogP contribution in [0.4, 0.5) is 13.2 Å². The standard InChI is InChI=1S/C23H24F3NO4S/c1-14-9-15(2)22(16(3)10-14)32(28,29)27-21(23(24,25)26)13-31-20-8-6-17-5-7-19(30-4)11-18(17)12-20/h5-12,21,27H,13H2,1-4H3. The minimum absolute atomic E-state index is 0.157. The first-order valence-electron chi connectivity index (χ1n) is 9.78. The Labute approximate surface area is 185 Å². The van der Waals surface area contributed by atoms with Crippen LogP contribution in [-0.2, 0) is 10.0 Å². The van der Waals surface area contributed by atoms with Crippen LogP contribution < -0.4 is 14.2 Å². The summed E-state index contributed by atoms with van der Waals surface area (Å²) in [5, 5.41) is 1.58. The molecule has 0 fully saturated rings. The number of aryl methyl sites for hydroxylation is 3. The summed E-state index contributed by atoms with van der Waals surface area (Å²) in [5.41, 5.74) is 1.57. The number of methoxy groups -OCH3 is 1. The lowest BCUT2D eigenvalue weighted by molar-refractivity contribution is -0.157. The summed E-state index contributed by atoms with van der Waals surface area (Å²) in [5.74, 6) is 0.779. The Kier molecular flexibility index (Phi) is 6.71. The maximum absolute atomic E-state index is 13.7. The molecule has 0 amide bonds. The van der Waals surface area contributed by atoms with E-state index in [0.717, 1.165) is 16.3 Å². The zero-order chi connectivity index (χ0) is 23.7. The Morgan fingerprint density at radius 2 is 1.47 bits per heavy atom. The molecule has 1 N–H and O–H groups in total. The summed E-state index contributed by atoms with van der Waals surface area (Å²) in [6, 6.07) is 10.9. The third-order valence-corrected chi connectivity index (χ3v) is 6.78. The van der Waals surface area contributed by atoms with Crippen molar-refractivity contribution in [1.82, 2.24) is 4.72 Å². The van der Waals surface area contributed by atoms with Crippen molar-refractivity contribution in [2.75, 3.05) is 13.7 Å². The molecule has 3 rings (SSSR count). The lowest BCUT2D eigenvalue weighted by Gasteiger charge is -2.23. The van der Waals surface area contributed by atoms with Gasteiger partial charge in [-0.25, -0.2) is 8.42 Å². The number of ether oxygens (including phenoxy) is 2. The average Bonchev–Trinajstić information content (AvgIpc) is 2.68. The Bertz CT molecular complexity index is 1220. The Morgan fingerprint density at radius 3 is 2.03 bits per heavy atom. The van der Waals surface area contributed by atoms with Gasteiger partial charge in [0.15, 0.2) is 6.04 Å². The minimum atomic E-state index is -4.85. The molecule has 0 saturated carbocycles. The van der Waals surface area contributed by atoms with E-state index in [0.29, 0.717) is 16.9 Å². The number of alkyl halides is 3. The van der Waals surface area contributed by atoms with Crippen molar-refractivity contribution in [3.05, 3.63) is 65.2 Å². The normalized spacial score (nSPS) is 13.2. The topological polar surface area (TPSA) is 64.6 Å². The molecule has 5 nitrogen and oxygen atoms in total. The third kappa shape index (κ3) is 5.34. The molecule has 0 heterocycles. The fourth-order valence-corrected chi connectivity index (χ4v) is 5.29. The van der Waals surface area contributed by atoms with E-state index in [1.165, 1.54) is 13.2 Å². The van der Waals surface area contributed by atoms with E-state index in [4.69, 9.17) is 9.47 Å². The van der Waals surface area contributed by atoms with E-state index in [9.17, 15) is 21.6 Å². The molecule has 3 aromatic rings. The van der Waals surface area contributed by atoms with Gasteiger partial charge in [-0.05, 0) is 66.9 Å². The van der Waals surface area contributed by atoms with Gasteiger partial charge in [-0.2, -0.15) is 17.9 Å². The fourth-order valence-electron chi connectivity index (χ4n) is 3.63. The number of hydrogen-bond donors (Lipinski definition) is 1. The smallest absolute Gasteiger partial charge is 0.408 e. The number of sulfonamides is 1. The van der Waals surface area contributed by atoms with Crippen LogP contribution in [0.3, 0.4) is 0 Å². The Morgan fingerprint density at radius 1 is 0.906 bits per heavy atom. The van der Waals surface area contributed by atoms with Gasteiger partial charge in [0.1, 0.15) is 18.1 Å². The Balaban J connectivity index is 1.84.